The number of nitrogens with zero attached hydrogens (tertiary/aromatic N) is 2. The Kier molecular flexibility index (Phi) is 3.35. The van der Waals surface area contributed by atoms with Crippen molar-refractivity contribution >= 4 is 38.3 Å². The number of thiazole rings is 1. The van der Waals surface area contributed by atoms with Crippen molar-refractivity contribution in [1.29, 1.82) is 0 Å². The predicted molar refractivity (Wildman–Crippen MR) is 85.9 cm³/mol. The smallest absolute Gasteiger partial charge is 0.274 e. The lowest BCUT2D eigenvalue weighted by Crippen LogP contribution is -2.22. The van der Waals surface area contributed by atoms with E-state index in [1.807, 2.05) is 12.3 Å². The molecule has 1 amide bonds. The molecule has 4 rings (SSSR count). The van der Waals surface area contributed by atoms with Gasteiger partial charge in [-0.1, -0.05) is 0 Å². The normalized spacial score (nSPS) is 17.6. The molecule has 1 saturated carbocycles. The van der Waals surface area contributed by atoms with Crippen molar-refractivity contribution in [2.45, 2.75) is 31.8 Å². The highest BCUT2D eigenvalue weighted by Crippen LogP contribution is 2.37. The maximum absolute atomic E-state index is 12.5. The summed E-state index contributed by atoms with van der Waals surface area (Å²) in [4.78, 5) is 18.3. The van der Waals surface area contributed by atoms with Crippen LogP contribution in [0.5, 0.6) is 0 Å². The molecule has 3 heterocycles. The van der Waals surface area contributed by atoms with Crippen molar-refractivity contribution in [1.82, 2.24) is 14.9 Å². The first-order valence-corrected chi connectivity index (χ1v) is 8.69. The summed E-state index contributed by atoms with van der Waals surface area (Å²) in [7, 11) is 0. The fourth-order valence-corrected chi connectivity index (χ4v) is 4.03. The lowest BCUT2D eigenvalue weighted by molar-refractivity contribution is 0.101. The van der Waals surface area contributed by atoms with Crippen molar-refractivity contribution in [2.75, 3.05) is 11.9 Å². The highest BCUT2D eigenvalue weighted by Gasteiger charge is 2.28. The number of halogens is 1. The van der Waals surface area contributed by atoms with Crippen LogP contribution in [0.4, 0.5) is 5.13 Å². The summed E-state index contributed by atoms with van der Waals surface area (Å²) in [6, 6.07) is 2.36. The fourth-order valence-electron chi connectivity index (χ4n) is 2.62. The van der Waals surface area contributed by atoms with Gasteiger partial charge in [0, 0.05) is 41.1 Å². The lowest BCUT2D eigenvalue weighted by atomic mass is 10.2. The molecule has 1 aliphatic heterocycles. The standard InChI is InChI=1S/C14H15BrN4OS/c15-8-5-11(19(7-8)9-1-2-9)13(20)18-14-17-10-3-4-16-6-12(10)21-14/h5,7,9,16H,1-4,6H2,(H,17,18,20). The molecule has 7 heteroatoms. The van der Waals surface area contributed by atoms with Crippen molar-refractivity contribution in [3.05, 3.63) is 33.0 Å². The first-order valence-electron chi connectivity index (χ1n) is 7.09. The van der Waals surface area contributed by atoms with E-state index in [-0.39, 0.29) is 5.91 Å². The number of hydrogen-bond donors (Lipinski definition) is 2. The minimum absolute atomic E-state index is 0.0772. The minimum atomic E-state index is -0.0772. The highest BCUT2D eigenvalue weighted by molar-refractivity contribution is 9.10. The Hall–Kier alpha value is -1.18. The van der Waals surface area contributed by atoms with Crippen molar-refractivity contribution in [3.63, 3.8) is 0 Å². The molecule has 0 saturated heterocycles. The molecule has 2 aromatic heterocycles. The van der Waals surface area contributed by atoms with Gasteiger partial charge >= 0.3 is 0 Å². The number of carbonyl (C=O) groups is 1. The predicted octanol–water partition coefficient (Wildman–Crippen LogP) is 2.94. The van der Waals surface area contributed by atoms with Gasteiger partial charge in [-0.15, -0.1) is 11.3 Å². The molecule has 0 bridgehead atoms. The molecular formula is C14H15BrN4OS. The summed E-state index contributed by atoms with van der Waals surface area (Å²) < 4.78 is 3.01. The average molecular weight is 367 g/mol. The molecule has 1 fully saturated rings. The summed E-state index contributed by atoms with van der Waals surface area (Å²) in [6.45, 7) is 1.81. The number of rotatable bonds is 3. The zero-order valence-electron chi connectivity index (χ0n) is 11.4. The highest BCUT2D eigenvalue weighted by atomic mass is 79.9. The van der Waals surface area contributed by atoms with Crippen LogP contribution in [-0.2, 0) is 13.0 Å². The SMILES string of the molecule is O=C(Nc1nc2c(s1)CNCC2)c1cc(Br)cn1C1CC1. The van der Waals surface area contributed by atoms with E-state index in [2.05, 4.69) is 36.1 Å². The van der Waals surface area contributed by atoms with Crippen LogP contribution in [0.15, 0.2) is 16.7 Å². The van der Waals surface area contributed by atoms with Crippen molar-refractivity contribution < 1.29 is 4.79 Å². The number of fused-ring (bicyclic) bond motifs is 1. The minimum Gasteiger partial charge on any atom is -0.339 e. The van der Waals surface area contributed by atoms with Crippen molar-refractivity contribution in [2.24, 2.45) is 0 Å². The molecule has 1 aliphatic carbocycles. The Morgan fingerprint density at radius 3 is 3.14 bits per heavy atom. The molecule has 0 aromatic carbocycles. The van der Waals surface area contributed by atoms with Gasteiger partial charge in [-0.05, 0) is 34.8 Å². The first-order chi connectivity index (χ1) is 10.2. The van der Waals surface area contributed by atoms with E-state index in [0.29, 0.717) is 16.9 Å². The third-order valence-corrected chi connectivity index (χ3v) is 5.26. The number of aromatic nitrogens is 2. The third kappa shape index (κ3) is 2.65. The Bertz CT molecular complexity index is 680. The Morgan fingerprint density at radius 2 is 2.38 bits per heavy atom. The summed E-state index contributed by atoms with van der Waals surface area (Å²) in [5.41, 5.74) is 1.82. The van der Waals surface area contributed by atoms with Gasteiger partial charge in [0.2, 0.25) is 0 Å². The molecule has 5 nitrogen and oxygen atoms in total. The first kappa shape index (κ1) is 13.5. The second-order valence-electron chi connectivity index (χ2n) is 5.45. The largest absolute Gasteiger partial charge is 0.339 e. The molecule has 0 unspecified atom stereocenters. The second kappa shape index (κ2) is 5.23. The van der Waals surface area contributed by atoms with E-state index in [1.165, 1.54) is 4.88 Å². The summed E-state index contributed by atoms with van der Waals surface area (Å²) in [5, 5.41) is 6.98. The number of anilines is 1. The second-order valence-corrected chi connectivity index (χ2v) is 7.45. The topological polar surface area (TPSA) is 59.0 Å². The van der Waals surface area contributed by atoms with E-state index < -0.39 is 0 Å². The lowest BCUT2D eigenvalue weighted by Gasteiger charge is -2.09. The molecule has 0 spiro atoms. The van der Waals surface area contributed by atoms with Gasteiger partial charge in [0.25, 0.3) is 5.91 Å². The van der Waals surface area contributed by atoms with Crippen LogP contribution in [0, 0.1) is 0 Å². The quantitative estimate of drug-likeness (QED) is 0.877. The molecule has 110 valence electrons. The van der Waals surface area contributed by atoms with Crippen LogP contribution in [0.1, 0.15) is 39.9 Å². The maximum Gasteiger partial charge on any atom is 0.274 e. The number of amides is 1. The number of nitrogens with one attached hydrogen (secondary N) is 2. The number of carbonyl (C=O) groups excluding carboxylic acids is 1. The molecule has 0 radical (unpaired) electrons. The molecular weight excluding hydrogens is 352 g/mol. The molecule has 0 atom stereocenters. The van der Waals surface area contributed by atoms with Gasteiger partial charge in [-0.25, -0.2) is 4.98 Å². The van der Waals surface area contributed by atoms with Crippen LogP contribution >= 0.6 is 27.3 Å². The zero-order valence-corrected chi connectivity index (χ0v) is 13.8. The maximum atomic E-state index is 12.5. The molecule has 2 N–H and O–H groups in total. The summed E-state index contributed by atoms with van der Waals surface area (Å²) in [6.07, 6.45) is 5.23. The van der Waals surface area contributed by atoms with Gasteiger partial charge in [-0.3, -0.25) is 10.1 Å². The van der Waals surface area contributed by atoms with Gasteiger partial charge in [-0.2, -0.15) is 0 Å². The van der Waals surface area contributed by atoms with Crippen LogP contribution in [-0.4, -0.2) is 22.0 Å². The molecule has 2 aliphatic rings. The van der Waals surface area contributed by atoms with Crippen LogP contribution in [0.3, 0.4) is 0 Å². The van der Waals surface area contributed by atoms with Gasteiger partial charge in [0.05, 0.1) is 5.69 Å². The monoisotopic (exact) mass is 366 g/mol. The van der Waals surface area contributed by atoms with Gasteiger partial charge in [0.15, 0.2) is 5.13 Å². The summed E-state index contributed by atoms with van der Waals surface area (Å²) in [5.74, 6) is -0.0772. The average Bonchev–Trinajstić information content (AvgIpc) is 3.11. The Balaban J connectivity index is 1.56. The van der Waals surface area contributed by atoms with Crippen LogP contribution in [0.2, 0.25) is 0 Å². The van der Waals surface area contributed by atoms with Gasteiger partial charge in [0.1, 0.15) is 5.69 Å². The van der Waals surface area contributed by atoms with E-state index in [1.54, 1.807) is 11.3 Å². The Labute approximate surface area is 134 Å². The zero-order chi connectivity index (χ0) is 14.4. The van der Waals surface area contributed by atoms with Crippen LogP contribution < -0.4 is 10.6 Å². The van der Waals surface area contributed by atoms with Crippen LogP contribution in [0.25, 0.3) is 0 Å². The fraction of sp³-hybridized carbons (Fsp3) is 0.429. The van der Waals surface area contributed by atoms with E-state index in [0.717, 1.165) is 42.5 Å². The number of hydrogen-bond acceptors (Lipinski definition) is 4. The molecule has 21 heavy (non-hydrogen) atoms. The Morgan fingerprint density at radius 1 is 1.52 bits per heavy atom. The van der Waals surface area contributed by atoms with Gasteiger partial charge < -0.3 is 9.88 Å². The van der Waals surface area contributed by atoms with E-state index in [9.17, 15) is 4.79 Å². The van der Waals surface area contributed by atoms with E-state index in [4.69, 9.17) is 0 Å². The third-order valence-electron chi connectivity index (χ3n) is 3.81. The van der Waals surface area contributed by atoms with E-state index >= 15 is 0 Å². The molecule has 2 aromatic rings. The van der Waals surface area contributed by atoms with Crippen molar-refractivity contribution in [3.8, 4) is 0 Å². The summed E-state index contributed by atoms with van der Waals surface area (Å²) >= 11 is 5.03.